The van der Waals surface area contributed by atoms with Gasteiger partial charge in [0.15, 0.2) is 5.69 Å². The molecule has 6 nitrogen and oxygen atoms in total. The molecular weight excluding hydrogens is 361 g/mol. The predicted octanol–water partition coefficient (Wildman–Crippen LogP) is 3.22. The minimum Gasteiger partial charge on any atom is -0.481 e. The first-order valence-corrected chi connectivity index (χ1v) is 9.90. The second kappa shape index (κ2) is 7.73. The molecular formula is C21H24FN3O3. The maximum atomic E-state index is 13.7. The maximum Gasteiger partial charge on any atom is 0.303 e. The Morgan fingerprint density at radius 3 is 2.89 bits per heavy atom. The van der Waals surface area contributed by atoms with E-state index in [4.69, 9.17) is 5.11 Å². The highest BCUT2D eigenvalue weighted by Crippen LogP contribution is 2.30. The average molecular weight is 385 g/mol. The number of nitrogens with zero attached hydrogens (tertiary/aromatic N) is 3. The van der Waals surface area contributed by atoms with Gasteiger partial charge in [-0.25, -0.2) is 9.07 Å². The van der Waals surface area contributed by atoms with Crippen LogP contribution in [0.1, 0.15) is 53.8 Å². The zero-order chi connectivity index (χ0) is 19.7. The standard InChI is InChI=1S/C21H24FN3O3/c22-15-5-1-6-16(12-15)25-18-8-2-7-17(18)20(23-25)21(28)24-11-3-4-14(13-24)9-10-19(26)27/h1,5-6,12,14H,2-4,7-11,13H2,(H,26,27). The molecule has 0 spiro atoms. The summed E-state index contributed by atoms with van der Waals surface area (Å²) in [6.07, 6.45) is 5.15. The summed E-state index contributed by atoms with van der Waals surface area (Å²) in [5.41, 5.74) is 3.07. The number of carbonyl (C=O) groups excluding carboxylic acids is 1. The van der Waals surface area contributed by atoms with Gasteiger partial charge >= 0.3 is 5.97 Å². The molecule has 0 saturated carbocycles. The lowest BCUT2D eigenvalue weighted by atomic mass is 9.93. The van der Waals surface area contributed by atoms with Gasteiger partial charge in [-0.2, -0.15) is 5.10 Å². The number of piperidine rings is 1. The van der Waals surface area contributed by atoms with Crippen molar-refractivity contribution in [2.75, 3.05) is 13.1 Å². The van der Waals surface area contributed by atoms with Crippen molar-refractivity contribution in [1.29, 1.82) is 0 Å². The zero-order valence-electron chi connectivity index (χ0n) is 15.7. The quantitative estimate of drug-likeness (QED) is 0.858. The number of benzene rings is 1. The van der Waals surface area contributed by atoms with Crippen molar-refractivity contribution in [2.45, 2.75) is 44.9 Å². The van der Waals surface area contributed by atoms with Crippen molar-refractivity contribution >= 4 is 11.9 Å². The highest BCUT2D eigenvalue weighted by molar-refractivity contribution is 5.94. The Balaban J connectivity index is 1.58. The fourth-order valence-electron chi connectivity index (χ4n) is 4.39. The molecule has 1 aliphatic carbocycles. The number of halogens is 1. The molecule has 148 valence electrons. The number of fused-ring (bicyclic) bond motifs is 1. The second-order valence-electron chi connectivity index (χ2n) is 7.71. The molecule has 1 saturated heterocycles. The topological polar surface area (TPSA) is 75.4 Å². The van der Waals surface area contributed by atoms with Crippen LogP contribution in [0.3, 0.4) is 0 Å². The molecule has 0 bridgehead atoms. The summed E-state index contributed by atoms with van der Waals surface area (Å²) >= 11 is 0. The Morgan fingerprint density at radius 1 is 1.25 bits per heavy atom. The summed E-state index contributed by atoms with van der Waals surface area (Å²) in [6.45, 7) is 1.25. The number of likely N-dealkylation sites (tertiary alicyclic amines) is 1. The van der Waals surface area contributed by atoms with Gasteiger partial charge in [0.05, 0.1) is 5.69 Å². The van der Waals surface area contributed by atoms with E-state index in [2.05, 4.69) is 5.10 Å². The Morgan fingerprint density at radius 2 is 2.11 bits per heavy atom. The van der Waals surface area contributed by atoms with E-state index in [1.165, 1.54) is 12.1 Å². The highest BCUT2D eigenvalue weighted by atomic mass is 19.1. The Hall–Kier alpha value is -2.70. The Bertz CT molecular complexity index is 908. The van der Waals surface area contributed by atoms with Crippen LogP contribution in [-0.2, 0) is 17.6 Å². The fraction of sp³-hybridized carbons (Fsp3) is 0.476. The van der Waals surface area contributed by atoms with Gasteiger partial charge < -0.3 is 10.0 Å². The minimum atomic E-state index is -0.796. The van der Waals surface area contributed by atoms with Crippen molar-refractivity contribution < 1.29 is 19.1 Å². The Labute approximate surface area is 163 Å². The van der Waals surface area contributed by atoms with Crippen molar-refractivity contribution in [2.24, 2.45) is 5.92 Å². The van der Waals surface area contributed by atoms with Gasteiger partial charge in [0.2, 0.25) is 0 Å². The van der Waals surface area contributed by atoms with Gasteiger partial charge in [0, 0.05) is 30.8 Å². The molecule has 1 N–H and O–H groups in total. The first kappa shape index (κ1) is 18.7. The molecule has 2 aromatic rings. The van der Waals surface area contributed by atoms with Crippen LogP contribution in [0.25, 0.3) is 5.69 Å². The molecule has 4 rings (SSSR count). The number of carboxylic acids is 1. The molecule has 1 atom stereocenters. The lowest BCUT2D eigenvalue weighted by Crippen LogP contribution is -2.40. The summed E-state index contributed by atoms with van der Waals surface area (Å²) in [6, 6.07) is 6.27. The molecule has 7 heteroatoms. The van der Waals surface area contributed by atoms with Crippen LogP contribution in [0.2, 0.25) is 0 Å². The molecule has 1 amide bonds. The molecule has 0 radical (unpaired) electrons. The number of hydrogen-bond acceptors (Lipinski definition) is 3. The third-order valence-electron chi connectivity index (χ3n) is 5.76. The summed E-state index contributed by atoms with van der Waals surface area (Å²) in [5.74, 6) is -1.000. The third kappa shape index (κ3) is 3.66. The fourth-order valence-corrected chi connectivity index (χ4v) is 4.39. The second-order valence-corrected chi connectivity index (χ2v) is 7.71. The zero-order valence-corrected chi connectivity index (χ0v) is 15.7. The molecule has 1 fully saturated rings. The summed E-state index contributed by atoms with van der Waals surface area (Å²) in [5, 5.41) is 13.5. The summed E-state index contributed by atoms with van der Waals surface area (Å²) < 4.78 is 15.4. The van der Waals surface area contributed by atoms with Gasteiger partial charge in [-0.15, -0.1) is 0 Å². The van der Waals surface area contributed by atoms with Gasteiger partial charge in [-0.3, -0.25) is 9.59 Å². The number of rotatable bonds is 5. The van der Waals surface area contributed by atoms with Crippen LogP contribution in [0.15, 0.2) is 24.3 Å². The highest BCUT2D eigenvalue weighted by Gasteiger charge is 2.32. The lowest BCUT2D eigenvalue weighted by molar-refractivity contribution is -0.137. The number of amides is 1. The van der Waals surface area contributed by atoms with Gasteiger partial charge in [-0.1, -0.05) is 6.07 Å². The maximum absolute atomic E-state index is 13.7. The third-order valence-corrected chi connectivity index (χ3v) is 5.76. The van der Waals surface area contributed by atoms with E-state index in [-0.39, 0.29) is 24.1 Å². The molecule has 1 unspecified atom stereocenters. The normalized spacial score (nSPS) is 18.9. The van der Waals surface area contributed by atoms with E-state index in [1.807, 2.05) is 4.90 Å². The van der Waals surface area contributed by atoms with Gasteiger partial charge in [0.1, 0.15) is 5.82 Å². The predicted molar refractivity (Wildman–Crippen MR) is 101 cm³/mol. The van der Waals surface area contributed by atoms with Crippen LogP contribution < -0.4 is 0 Å². The number of carboxylic acid groups (broad SMARTS) is 1. The molecule has 28 heavy (non-hydrogen) atoms. The van der Waals surface area contributed by atoms with Crippen LogP contribution in [0.4, 0.5) is 4.39 Å². The molecule has 1 aliphatic heterocycles. The van der Waals surface area contributed by atoms with Gasteiger partial charge in [-0.05, 0) is 62.6 Å². The SMILES string of the molecule is O=C(O)CCC1CCCN(C(=O)c2nn(-c3cccc(F)c3)c3c2CCC3)C1. The van der Waals surface area contributed by atoms with E-state index >= 15 is 0 Å². The van der Waals surface area contributed by atoms with E-state index in [9.17, 15) is 14.0 Å². The minimum absolute atomic E-state index is 0.0895. The van der Waals surface area contributed by atoms with Crippen LogP contribution in [0, 0.1) is 11.7 Å². The molecule has 2 aliphatic rings. The summed E-state index contributed by atoms with van der Waals surface area (Å²) in [7, 11) is 0. The van der Waals surface area contributed by atoms with E-state index < -0.39 is 5.97 Å². The van der Waals surface area contributed by atoms with Crippen molar-refractivity contribution in [3.63, 3.8) is 0 Å². The molecule has 1 aromatic carbocycles. The molecule has 2 heterocycles. The van der Waals surface area contributed by atoms with Crippen LogP contribution in [0.5, 0.6) is 0 Å². The van der Waals surface area contributed by atoms with E-state index in [0.717, 1.165) is 43.4 Å². The number of aliphatic carboxylic acids is 1. The molecule has 1 aromatic heterocycles. The van der Waals surface area contributed by atoms with Crippen LogP contribution >= 0.6 is 0 Å². The first-order valence-electron chi connectivity index (χ1n) is 9.90. The number of hydrogen-bond donors (Lipinski definition) is 1. The summed E-state index contributed by atoms with van der Waals surface area (Å²) in [4.78, 5) is 25.9. The largest absolute Gasteiger partial charge is 0.481 e. The van der Waals surface area contributed by atoms with E-state index in [1.54, 1.807) is 16.8 Å². The average Bonchev–Trinajstić information content (AvgIpc) is 3.29. The monoisotopic (exact) mass is 385 g/mol. The lowest BCUT2D eigenvalue weighted by Gasteiger charge is -2.32. The smallest absolute Gasteiger partial charge is 0.303 e. The van der Waals surface area contributed by atoms with Crippen molar-refractivity contribution in [3.8, 4) is 5.69 Å². The van der Waals surface area contributed by atoms with Crippen molar-refractivity contribution in [1.82, 2.24) is 14.7 Å². The van der Waals surface area contributed by atoms with Crippen molar-refractivity contribution in [3.05, 3.63) is 47.0 Å². The number of carbonyl (C=O) groups is 2. The van der Waals surface area contributed by atoms with Crippen LogP contribution in [-0.4, -0.2) is 44.8 Å². The van der Waals surface area contributed by atoms with E-state index in [0.29, 0.717) is 30.9 Å². The first-order chi connectivity index (χ1) is 13.5. The van der Waals surface area contributed by atoms with Gasteiger partial charge in [0.25, 0.3) is 5.91 Å². The Kier molecular flexibility index (Phi) is 5.15. The number of aromatic nitrogens is 2.